The first kappa shape index (κ1) is 14.1. The Morgan fingerprint density at radius 1 is 1.56 bits per heavy atom. The fraction of sp³-hybridized carbons (Fsp3) is 0.636. The normalized spacial score (nSPS) is 13.3. The van der Waals surface area contributed by atoms with Gasteiger partial charge in [-0.05, 0) is 35.0 Å². The number of nitrogens with zero attached hydrogens (tertiary/aromatic N) is 1. The molecule has 5 heteroatoms. The van der Waals surface area contributed by atoms with Gasteiger partial charge in [0.1, 0.15) is 0 Å². The van der Waals surface area contributed by atoms with E-state index in [4.69, 9.17) is 10.8 Å². The van der Waals surface area contributed by atoms with Crippen LogP contribution < -0.4 is 5.73 Å². The third-order valence-electron chi connectivity index (χ3n) is 2.48. The number of halogens is 1. The molecule has 0 fully saturated rings. The van der Waals surface area contributed by atoms with E-state index in [2.05, 4.69) is 39.2 Å². The van der Waals surface area contributed by atoms with Gasteiger partial charge >= 0.3 is 0 Å². The van der Waals surface area contributed by atoms with Crippen molar-refractivity contribution in [1.29, 1.82) is 0 Å². The average Bonchev–Trinajstić information content (AvgIpc) is 2.67. The van der Waals surface area contributed by atoms with Gasteiger partial charge in [0.25, 0.3) is 0 Å². The third-order valence-corrected chi connectivity index (χ3v) is 4.27. The number of aliphatic hydroxyl groups excluding tert-OH is 1. The second kappa shape index (κ2) is 7.40. The highest BCUT2D eigenvalue weighted by molar-refractivity contribution is 9.10. The van der Waals surface area contributed by atoms with Crippen LogP contribution in [0.1, 0.15) is 24.3 Å². The summed E-state index contributed by atoms with van der Waals surface area (Å²) in [5.41, 5.74) is 5.84. The first-order valence-electron chi connectivity index (χ1n) is 5.51. The molecule has 0 amide bonds. The SMILES string of the molecule is CCCN(CCO)C(CN)c1cc(Br)cs1. The highest BCUT2D eigenvalue weighted by Gasteiger charge is 2.19. The van der Waals surface area contributed by atoms with E-state index in [0.29, 0.717) is 13.1 Å². The number of aliphatic hydroxyl groups is 1. The maximum atomic E-state index is 9.07. The second-order valence-electron chi connectivity index (χ2n) is 3.68. The summed E-state index contributed by atoms with van der Waals surface area (Å²) in [5, 5.41) is 11.1. The molecule has 1 aromatic rings. The van der Waals surface area contributed by atoms with Crippen LogP contribution in [0, 0.1) is 0 Å². The summed E-state index contributed by atoms with van der Waals surface area (Å²) in [6.07, 6.45) is 1.07. The summed E-state index contributed by atoms with van der Waals surface area (Å²) in [4.78, 5) is 3.51. The van der Waals surface area contributed by atoms with Crippen molar-refractivity contribution in [1.82, 2.24) is 4.90 Å². The van der Waals surface area contributed by atoms with E-state index >= 15 is 0 Å². The molecule has 1 atom stereocenters. The molecule has 1 rings (SSSR count). The molecule has 1 aromatic heterocycles. The molecule has 0 aromatic carbocycles. The minimum absolute atomic E-state index is 0.184. The lowest BCUT2D eigenvalue weighted by Crippen LogP contribution is -2.36. The van der Waals surface area contributed by atoms with Crippen molar-refractivity contribution in [2.24, 2.45) is 5.73 Å². The van der Waals surface area contributed by atoms with Gasteiger partial charge in [0.05, 0.1) is 12.6 Å². The Balaban J connectivity index is 2.76. The van der Waals surface area contributed by atoms with E-state index in [1.54, 1.807) is 11.3 Å². The van der Waals surface area contributed by atoms with Crippen LogP contribution in [0.2, 0.25) is 0 Å². The number of thiophene rings is 1. The Morgan fingerprint density at radius 3 is 2.75 bits per heavy atom. The van der Waals surface area contributed by atoms with E-state index in [1.165, 1.54) is 4.88 Å². The van der Waals surface area contributed by atoms with Gasteiger partial charge in [0, 0.05) is 27.8 Å². The van der Waals surface area contributed by atoms with Crippen molar-refractivity contribution in [2.45, 2.75) is 19.4 Å². The lowest BCUT2D eigenvalue weighted by molar-refractivity contribution is 0.155. The van der Waals surface area contributed by atoms with Crippen molar-refractivity contribution < 1.29 is 5.11 Å². The van der Waals surface area contributed by atoms with Crippen LogP contribution in [0.5, 0.6) is 0 Å². The van der Waals surface area contributed by atoms with Crippen LogP contribution in [0.3, 0.4) is 0 Å². The van der Waals surface area contributed by atoms with E-state index in [0.717, 1.165) is 17.4 Å². The zero-order valence-corrected chi connectivity index (χ0v) is 11.9. The van der Waals surface area contributed by atoms with Gasteiger partial charge < -0.3 is 10.8 Å². The van der Waals surface area contributed by atoms with Crippen molar-refractivity contribution in [2.75, 3.05) is 26.2 Å². The fourth-order valence-corrected chi connectivity index (χ4v) is 3.38. The van der Waals surface area contributed by atoms with Gasteiger partial charge in [-0.15, -0.1) is 11.3 Å². The zero-order chi connectivity index (χ0) is 12.0. The summed E-state index contributed by atoms with van der Waals surface area (Å²) in [6.45, 7) is 4.57. The topological polar surface area (TPSA) is 49.5 Å². The largest absolute Gasteiger partial charge is 0.395 e. The van der Waals surface area contributed by atoms with E-state index in [9.17, 15) is 0 Å². The minimum atomic E-state index is 0.184. The molecule has 0 aliphatic carbocycles. The molecule has 0 radical (unpaired) electrons. The summed E-state index contributed by atoms with van der Waals surface area (Å²) < 4.78 is 1.10. The molecule has 3 nitrogen and oxygen atoms in total. The van der Waals surface area contributed by atoms with Gasteiger partial charge in [-0.1, -0.05) is 6.92 Å². The molecule has 1 unspecified atom stereocenters. The molecule has 0 saturated heterocycles. The lowest BCUT2D eigenvalue weighted by atomic mass is 10.2. The summed E-state index contributed by atoms with van der Waals surface area (Å²) in [6, 6.07) is 2.34. The molecule has 16 heavy (non-hydrogen) atoms. The van der Waals surface area contributed by atoms with Crippen molar-refractivity contribution >= 4 is 27.3 Å². The minimum Gasteiger partial charge on any atom is -0.395 e. The Kier molecular flexibility index (Phi) is 6.53. The molecule has 0 saturated carbocycles. The highest BCUT2D eigenvalue weighted by atomic mass is 79.9. The number of rotatable bonds is 7. The summed E-state index contributed by atoms with van der Waals surface area (Å²) >= 11 is 5.17. The molecule has 0 bridgehead atoms. The average molecular weight is 307 g/mol. The van der Waals surface area contributed by atoms with Crippen molar-refractivity contribution in [3.8, 4) is 0 Å². The first-order valence-corrected chi connectivity index (χ1v) is 7.19. The molecule has 0 spiro atoms. The van der Waals surface area contributed by atoms with E-state index in [-0.39, 0.29) is 12.6 Å². The molecule has 3 N–H and O–H groups in total. The van der Waals surface area contributed by atoms with Gasteiger partial charge in [0.2, 0.25) is 0 Å². The van der Waals surface area contributed by atoms with Crippen LogP contribution in [-0.4, -0.2) is 36.2 Å². The molecule has 92 valence electrons. The number of hydrogen-bond donors (Lipinski definition) is 2. The van der Waals surface area contributed by atoms with Crippen molar-refractivity contribution in [3.05, 3.63) is 20.8 Å². The maximum Gasteiger partial charge on any atom is 0.0565 e. The fourth-order valence-electron chi connectivity index (χ4n) is 1.79. The molecular formula is C11H19BrN2OS. The number of hydrogen-bond acceptors (Lipinski definition) is 4. The predicted octanol–water partition coefficient (Wildman–Crippen LogP) is 2.21. The van der Waals surface area contributed by atoms with Gasteiger partial charge in [-0.25, -0.2) is 0 Å². The quantitative estimate of drug-likeness (QED) is 0.812. The molecule has 1 heterocycles. The van der Waals surface area contributed by atoms with Crippen molar-refractivity contribution in [3.63, 3.8) is 0 Å². The second-order valence-corrected chi connectivity index (χ2v) is 5.54. The zero-order valence-electron chi connectivity index (χ0n) is 9.53. The van der Waals surface area contributed by atoms with Gasteiger partial charge in [0.15, 0.2) is 0 Å². The van der Waals surface area contributed by atoms with Crippen LogP contribution in [-0.2, 0) is 0 Å². The Hall–Kier alpha value is 0.0600. The van der Waals surface area contributed by atoms with Crippen LogP contribution in [0.15, 0.2) is 15.9 Å². The lowest BCUT2D eigenvalue weighted by Gasteiger charge is -2.29. The predicted molar refractivity (Wildman–Crippen MR) is 72.8 cm³/mol. The smallest absolute Gasteiger partial charge is 0.0565 e. The van der Waals surface area contributed by atoms with Gasteiger partial charge in [-0.2, -0.15) is 0 Å². The standard InChI is InChI=1S/C11H19BrN2OS/c1-2-3-14(4-5-15)10(7-13)11-6-9(12)8-16-11/h6,8,10,15H,2-5,7,13H2,1H3. The monoisotopic (exact) mass is 306 g/mol. The summed E-state index contributed by atoms with van der Waals surface area (Å²) in [7, 11) is 0. The Labute approximate surface area is 109 Å². The molecule has 0 aliphatic rings. The Morgan fingerprint density at radius 2 is 2.31 bits per heavy atom. The number of nitrogens with two attached hydrogens (primary N) is 1. The first-order chi connectivity index (χ1) is 7.72. The molecular weight excluding hydrogens is 288 g/mol. The Bertz CT molecular complexity index is 300. The van der Waals surface area contributed by atoms with Crippen LogP contribution >= 0.6 is 27.3 Å². The highest BCUT2D eigenvalue weighted by Crippen LogP contribution is 2.28. The van der Waals surface area contributed by atoms with E-state index < -0.39 is 0 Å². The van der Waals surface area contributed by atoms with E-state index in [1.807, 2.05) is 0 Å². The molecule has 0 aliphatic heterocycles. The van der Waals surface area contributed by atoms with Crippen LogP contribution in [0.4, 0.5) is 0 Å². The third kappa shape index (κ3) is 3.82. The maximum absolute atomic E-state index is 9.07. The van der Waals surface area contributed by atoms with Crippen LogP contribution in [0.25, 0.3) is 0 Å². The van der Waals surface area contributed by atoms with Gasteiger partial charge in [-0.3, -0.25) is 4.90 Å². The summed E-state index contributed by atoms with van der Waals surface area (Å²) in [5.74, 6) is 0.